The van der Waals surface area contributed by atoms with E-state index >= 15 is 0 Å². The highest BCUT2D eigenvalue weighted by molar-refractivity contribution is 7.92. The van der Waals surface area contributed by atoms with Crippen LogP contribution in [-0.2, 0) is 16.6 Å². The average molecular weight is 477 g/mol. The van der Waals surface area contributed by atoms with Crippen LogP contribution in [0.25, 0.3) is 0 Å². The number of anilines is 1. The van der Waals surface area contributed by atoms with Gasteiger partial charge in [-0.2, -0.15) is 0 Å². The first kappa shape index (κ1) is 24.9. The van der Waals surface area contributed by atoms with E-state index in [0.717, 1.165) is 18.4 Å². The number of aromatic nitrogens is 1. The van der Waals surface area contributed by atoms with Crippen molar-refractivity contribution in [1.82, 2.24) is 14.8 Å². The molecule has 9 nitrogen and oxygen atoms in total. The van der Waals surface area contributed by atoms with E-state index in [9.17, 15) is 18.3 Å². The standard InChI is InChI=1S/C23H32N4O5S/c1-16-12-27(17(2)15-28)23(29)20-11-19(25-33(4,30)31)5-6-21(20)32-22(16)14-26(3)13-18-7-9-24-10-8-18/h5-11,16-17,22,25,28H,12-15H2,1-4H3/t16-,17-,22+/m0/s1. The molecule has 0 fully saturated rings. The summed E-state index contributed by atoms with van der Waals surface area (Å²) in [7, 11) is -1.50. The van der Waals surface area contributed by atoms with Crippen LogP contribution in [-0.4, -0.2) is 79.4 Å². The number of benzene rings is 1. The van der Waals surface area contributed by atoms with Gasteiger partial charge in [-0.05, 0) is 49.9 Å². The van der Waals surface area contributed by atoms with E-state index in [4.69, 9.17) is 4.74 Å². The van der Waals surface area contributed by atoms with Gasteiger partial charge in [0.25, 0.3) is 5.91 Å². The van der Waals surface area contributed by atoms with Gasteiger partial charge in [-0.3, -0.25) is 19.4 Å². The summed E-state index contributed by atoms with van der Waals surface area (Å²) >= 11 is 0. The van der Waals surface area contributed by atoms with Crippen molar-refractivity contribution in [2.45, 2.75) is 32.5 Å². The fourth-order valence-electron chi connectivity index (χ4n) is 3.89. The van der Waals surface area contributed by atoms with Crippen LogP contribution in [0.15, 0.2) is 42.7 Å². The number of carbonyl (C=O) groups is 1. The Balaban J connectivity index is 1.91. The summed E-state index contributed by atoms with van der Waals surface area (Å²) in [4.78, 5) is 21.2. The summed E-state index contributed by atoms with van der Waals surface area (Å²) < 4.78 is 32.1. The topological polar surface area (TPSA) is 112 Å². The second kappa shape index (κ2) is 10.5. The SMILES string of the molecule is C[C@H]1CN([C@@H](C)CO)C(=O)c2cc(NS(C)(=O)=O)ccc2O[C@@H]1CN(C)Cc1ccncc1. The number of hydrogen-bond donors (Lipinski definition) is 2. The van der Waals surface area contributed by atoms with Crippen molar-refractivity contribution >= 4 is 21.6 Å². The Labute approximate surface area is 195 Å². The van der Waals surface area contributed by atoms with Crippen LogP contribution in [0.1, 0.15) is 29.8 Å². The zero-order valence-corrected chi connectivity index (χ0v) is 20.2. The Bertz CT molecular complexity index is 1060. The number of aliphatic hydroxyl groups is 1. The van der Waals surface area contributed by atoms with Gasteiger partial charge in [0.05, 0.1) is 24.5 Å². The largest absolute Gasteiger partial charge is 0.488 e. The number of nitrogens with one attached hydrogen (secondary N) is 1. The maximum absolute atomic E-state index is 13.4. The van der Waals surface area contributed by atoms with E-state index in [1.807, 2.05) is 26.1 Å². The van der Waals surface area contributed by atoms with Gasteiger partial charge in [0.1, 0.15) is 11.9 Å². The highest BCUT2D eigenvalue weighted by atomic mass is 32.2. The Morgan fingerprint density at radius 1 is 1.30 bits per heavy atom. The van der Waals surface area contributed by atoms with Crippen molar-refractivity contribution in [3.8, 4) is 5.75 Å². The Morgan fingerprint density at radius 3 is 2.64 bits per heavy atom. The molecule has 3 rings (SSSR count). The molecular formula is C23H32N4O5S. The van der Waals surface area contributed by atoms with Gasteiger partial charge >= 0.3 is 0 Å². The number of fused-ring (bicyclic) bond motifs is 1. The minimum atomic E-state index is -3.50. The molecule has 2 N–H and O–H groups in total. The van der Waals surface area contributed by atoms with Gasteiger partial charge in [0.15, 0.2) is 0 Å². The van der Waals surface area contributed by atoms with Crippen molar-refractivity contribution in [3.05, 3.63) is 53.9 Å². The highest BCUT2D eigenvalue weighted by Gasteiger charge is 2.33. The number of carbonyl (C=O) groups excluding carboxylic acids is 1. The smallest absolute Gasteiger partial charge is 0.258 e. The molecule has 180 valence electrons. The van der Waals surface area contributed by atoms with Gasteiger partial charge in [-0.15, -0.1) is 0 Å². The van der Waals surface area contributed by atoms with Gasteiger partial charge < -0.3 is 14.7 Å². The average Bonchev–Trinajstić information content (AvgIpc) is 2.75. The van der Waals surface area contributed by atoms with Crippen LogP contribution in [0.5, 0.6) is 5.75 Å². The molecule has 33 heavy (non-hydrogen) atoms. The molecule has 0 bridgehead atoms. The Kier molecular flexibility index (Phi) is 7.93. The molecule has 1 aliphatic rings. The third kappa shape index (κ3) is 6.66. The molecule has 0 radical (unpaired) electrons. The monoisotopic (exact) mass is 476 g/mol. The van der Waals surface area contributed by atoms with Gasteiger partial charge in [0, 0.05) is 43.6 Å². The van der Waals surface area contributed by atoms with Crippen molar-refractivity contribution in [1.29, 1.82) is 0 Å². The maximum Gasteiger partial charge on any atom is 0.258 e. The quantitative estimate of drug-likeness (QED) is 0.598. The molecule has 1 aliphatic heterocycles. The second-order valence-electron chi connectivity index (χ2n) is 8.76. The number of amides is 1. The lowest BCUT2D eigenvalue weighted by Crippen LogP contribution is -2.49. The van der Waals surface area contributed by atoms with Crippen molar-refractivity contribution in [2.75, 3.05) is 37.7 Å². The molecule has 2 aromatic rings. The normalized spacial score (nSPS) is 19.9. The first-order valence-corrected chi connectivity index (χ1v) is 12.7. The molecule has 1 aromatic carbocycles. The lowest BCUT2D eigenvalue weighted by Gasteiger charge is -2.38. The third-order valence-corrected chi connectivity index (χ3v) is 6.27. The van der Waals surface area contributed by atoms with Crippen LogP contribution in [0, 0.1) is 5.92 Å². The van der Waals surface area contributed by atoms with E-state index in [1.165, 1.54) is 6.07 Å². The summed E-state index contributed by atoms with van der Waals surface area (Å²) in [6.45, 7) is 5.37. The zero-order chi connectivity index (χ0) is 24.2. The summed E-state index contributed by atoms with van der Waals surface area (Å²) in [5, 5.41) is 9.75. The minimum Gasteiger partial charge on any atom is -0.488 e. The summed E-state index contributed by atoms with van der Waals surface area (Å²) in [6, 6.07) is 8.23. The summed E-state index contributed by atoms with van der Waals surface area (Å²) in [5.41, 5.74) is 1.68. The second-order valence-corrected chi connectivity index (χ2v) is 10.5. The number of likely N-dealkylation sites (N-methyl/N-ethyl adjacent to an activating group) is 1. The Hall–Kier alpha value is -2.69. The van der Waals surface area contributed by atoms with E-state index < -0.39 is 16.1 Å². The number of pyridine rings is 1. The molecule has 1 aromatic heterocycles. The van der Waals surface area contributed by atoms with Crippen molar-refractivity contribution < 1.29 is 23.1 Å². The number of sulfonamides is 1. The van der Waals surface area contributed by atoms with Crippen molar-refractivity contribution in [2.24, 2.45) is 5.92 Å². The number of ether oxygens (including phenoxy) is 1. The molecule has 0 aliphatic carbocycles. The molecule has 0 unspecified atom stereocenters. The molecule has 1 amide bonds. The van der Waals surface area contributed by atoms with Crippen LogP contribution in [0.3, 0.4) is 0 Å². The zero-order valence-electron chi connectivity index (χ0n) is 19.4. The number of nitrogens with zero attached hydrogens (tertiary/aromatic N) is 3. The van der Waals surface area contributed by atoms with Crippen LogP contribution < -0.4 is 9.46 Å². The first-order valence-electron chi connectivity index (χ1n) is 10.8. The predicted molar refractivity (Wildman–Crippen MR) is 127 cm³/mol. The van der Waals surface area contributed by atoms with Crippen LogP contribution in [0.2, 0.25) is 0 Å². The van der Waals surface area contributed by atoms with Gasteiger partial charge in [-0.1, -0.05) is 6.92 Å². The highest BCUT2D eigenvalue weighted by Crippen LogP contribution is 2.31. The lowest BCUT2D eigenvalue weighted by molar-refractivity contribution is 0.0341. The molecule has 3 atom stereocenters. The number of aliphatic hydroxyl groups excluding tert-OH is 1. The molecule has 2 heterocycles. The number of hydrogen-bond acceptors (Lipinski definition) is 7. The minimum absolute atomic E-state index is 0.00943. The van der Waals surface area contributed by atoms with E-state index in [1.54, 1.807) is 36.4 Å². The summed E-state index contributed by atoms with van der Waals surface area (Å²) in [6.07, 6.45) is 4.34. The van der Waals surface area contributed by atoms with E-state index in [0.29, 0.717) is 18.8 Å². The van der Waals surface area contributed by atoms with Gasteiger partial charge in [0.2, 0.25) is 10.0 Å². The van der Waals surface area contributed by atoms with Gasteiger partial charge in [-0.25, -0.2) is 8.42 Å². The van der Waals surface area contributed by atoms with Crippen molar-refractivity contribution in [3.63, 3.8) is 0 Å². The van der Waals surface area contributed by atoms with E-state index in [-0.39, 0.29) is 35.8 Å². The number of rotatable bonds is 8. The maximum atomic E-state index is 13.4. The fourth-order valence-corrected chi connectivity index (χ4v) is 4.44. The molecule has 0 spiro atoms. The fraction of sp³-hybridized carbons (Fsp3) is 0.478. The van der Waals surface area contributed by atoms with E-state index in [2.05, 4.69) is 14.6 Å². The molecule has 0 saturated heterocycles. The van der Waals surface area contributed by atoms with Crippen LogP contribution in [0.4, 0.5) is 5.69 Å². The molecule has 10 heteroatoms. The third-order valence-electron chi connectivity index (χ3n) is 5.66. The lowest BCUT2D eigenvalue weighted by atomic mass is 9.99. The van der Waals surface area contributed by atoms with Crippen LogP contribution >= 0.6 is 0 Å². The summed E-state index contributed by atoms with van der Waals surface area (Å²) in [5.74, 6) is 0.0759. The predicted octanol–water partition coefficient (Wildman–Crippen LogP) is 1.81. The first-order chi connectivity index (χ1) is 15.6. The molecular weight excluding hydrogens is 444 g/mol. The Morgan fingerprint density at radius 2 is 2.00 bits per heavy atom. The molecule has 0 saturated carbocycles.